The van der Waals surface area contributed by atoms with Crippen molar-refractivity contribution in [2.45, 2.75) is 7.43 Å². The van der Waals surface area contributed by atoms with Gasteiger partial charge in [-0.3, -0.25) is 0 Å². The largest absolute Gasteiger partial charge is 0.355 e. The van der Waals surface area contributed by atoms with Crippen molar-refractivity contribution in [3.63, 3.8) is 0 Å². The molecule has 24 aromatic rings. The summed E-state index contributed by atoms with van der Waals surface area (Å²) >= 11 is 11.3. The number of ether oxygens (including phenoxy) is 4. The number of phenolic OH excluding ortho intramolecular Hbond substituents is 2. The summed E-state index contributed by atoms with van der Waals surface area (Å²) in [6, 6.07) is 142. The summed E-state index contributed by atoms with van der Waals surface area (Å²) in [6.07, 6.45) is 0. The van der Waals surface area contributed by atoms with Crippen LogP contribution >= 0.6 is 93.5 Å². The van der Waals surface area contributed by atoms with E-state index in [1.807, 2.05) is 84.9 Å². The van der Waals surface area contributed by atoms with Crippen molar-refractivity contribution in [2.24, 2.45) is 0 Å². The average molecular weight is 2120 g/mol. The van der Waals surface area contributed by atoms with Gasteiger partial charge in [0.25, 0.3) is 0 Å². The number of methoxy groups -OCH3 is 4. The Balaban J connectivity index is 0.000000124. The minimum absolute atomic E-state index is 0. The van der Waals surface area contributed by atoms with E-state index in [2.05, 4.69) is 394 Å². The number of aromatic hydroxyl groups is 2. The molecule has 21 heteroatoms. The number of H-pyrrole nitrogens is 1. The van der Waals surface area contributed by atoms with Gasteiger partial charge in [-0.1, -0.05) is 193 Å². The second-order valence-electron chi connectivity index (χ2n) is 31.1. The zero-order valence-corrected chi connectivity index (χ0v) is 81.8. The Kier molecular flexibility index (Phi) is 29.1. The molecule has 0 aliphatic heterocycles. The topological polar surface area (TPSA) is 118 Å². The molecule has 24 rings (SSSR count). The van der Waals surface area contributed by atoms with Crippen molar-refractivity contribution < 1.29 is 40.3 Å². The van der Waals surface area contributed by atoms with Gasteiger partial charge in [-0.25, -0.2) is 0 Å². The molecular formula is C113H87BBr4Cl3FeN6O6. The Morgan fingerprint density at radius 1 is 0.246 bits per heavy atom. The molecular weight excluding hydrogens is 2030 g/mol. The second kappa shape index (κ2) is 42.0. The van der Waals surface area contributed by atoms with Crippen molar-refractivity contribution in [1.82, 2.24) is 27.8 Å². The molecule has 0 saturated carbocycles. The Morgan fingerprint density at radius 3 is 0.649 bits per heavy atom. The number of hydrogen-bond donors (Lipinski definition) is 3. The van der Waals surface area contributed by atoms with Crippen LogP contribution in [-0.2, 0) is 11.2 Å². The van der Waals surface area contributed by atoms with E-state index in [4.69, 9.17) is 49.2 Å². The predicted molar refractivity (Wildman–Crippen MR) is 578 cm³/mol. The molecule has 0 fully saturated rings. The van der Waals surface area contributed by atoms with Crippen LogP contribution in [0.5, 0.6) is 34.5 Å². The van der Waals surface area contributed by atoms with Gasteiger partial charge in [0.15, 0.2) is 0 Å². The van der Waals surface area contributed by atoms with Crippen molar-refractivity contribution in [2.75, 3.05) is 28.4 Å². The molecule has 0 radical (unpaired) electrons. The first-order valence-electron chi connectivity index (χ1n) is 42.5. The molecule has 0 amide bonds. The summed E-state index contributed by atoms with van der Waals surface area (Å²) < 4.78 is 33.8. The molecule has 0 saturated heterocycles. The maximum Gasteiger partial charge on any atom is 0.0464 e. The number of rotatable bonds is 11. The first kappa shape index (κ1) is 92.8. The molecule has 0 atom stereocenters. The number of hydrogen-bond acceptors (Lipinski definition) is 6. The maximum absolute atomic E-state index is 9.84. The Bertz CT molecular complexity index is 7840. The Hall–Kier alpha value is -13.1. The molecule has 0 unspecified atom stereocenters. The molecule has 0 aliphatic rings. The van der Waals surface area contributed by atoms with E-state index in [1.54, 1.807) is 52.7 Å². The van der Waals surface area contributed by atoms with Crippen LogP contribution in [-0.4, -0.2) is 69.7 Å². The third kappa shape index (κ3) is 19.5. The van der Waals surface area contributed by atoms with Gasteiger partial charge in [-0.15, -0.1) is 47.3 Å². The smallest absolute Gasteiger partial charge is 0.0464 e. The van der Waals surface area contributed by atoms with E-state index in [1.165, 1.54) is 120 Å². The summed E-state index contributed by atoms with van der Waals surface area (Å²) in [5.41, 5.74) is 24.2. The number of aromatic amines is 1. The third-order valence-electron chi connectivity index (χ3n) is 23.6. The molecule has 12 nitrogen and oxygen atoms in total. The van der Waals surface area contributed by atoms with Crippen molar-refractivity contribution in [3.05, 3.63) is 417 Å². The zero-order valence-electron chi connectivity index (χ0n) is 72.1. The molecule has 0 spiro atoms. The summed E-state index contributed by atoms with van der Waals surface area (Å²) in [6.45, 7) is 0. The number of aromatic nitrogens is 6. The number of nitrogens with one attached hydrogen (secondary N) is 1. The Labute approximate surface area is 825 Å². The standard InChI is InChI=1S/C38H28N2O2.C36H24N2O2.C19H15NO.C12H9N.C7H7BrO.CH4.BBr3.3ClH.Fe/c1-41-29-17-13-27(14-18-29)39-35-9-5-3-7-31(35)33-23-25(11-21-37(33)39)26-12-22-38-34(24-26)32-8-4-6-10-36(32)40(38)28-15-19-30(42-2)20-16-28;39-27-15-11-25(12-16-27)37-33-7-3-1-5-29(33)31-21-23(9-19-35(31)37)24-10-20-36-32(22-24)30-6-2-4-8-34(30)38(36)26-13-17-28(40)18-14-26;1-21-15-12-10-14(11-13-15)20-18-8-4-2-6-16(18)17-7-3-5-9-19(17)20;1-3-7-11-9(5-1)10-6-2-4-8-12(10)13-11;1-9-7-4-2-6(8)3-5-7;;2-1(3)4;;;;/h3-24H,1-2H3;1-22,39-40H;2-13H,1H3;1-8,13H;2-5H,1H3;1H4;;3*1H;/q;;;;;;;;;;+3/p-3. The van der Waals surface area contributed by atoms with Crippen molar-refractivity contribution in [3.8, 4) is 85.2 Å². The van der Waals surface area contributed by atoms with E-state index < -0.39 is 11.2 Å². The number of nitrogens with zero attached hydrogens (tertiary/aromatic N) is 5. The zero-order chi connectivity index (χ0) is 91.8. The van der Waals surface area contributed by atoms with Crippen LogP contribution in [0.15, 0.2) is 417 Å². The first-order chi connectivity index (χ1) is 65.0. The fourth-order valence-electron chi connectivity index (χ4n) is 17.7. The van der Waals surface area contributed by atoms with Crippen LogP contribution in [0.25, 0.3) is 182 Å². The van der Waals surface area contributed by atoms with Gasteiger partial charge in [-0.05, 0) is 265 Å². The van der Waals surface area contributed by atoms with Crippen molar-refractivity contribution in [1.29, 1.82) is 0 Å². The normalized spacial score (nSPS) is 11.1. The van der Waals surface area contributed by atoms with Gasteiger partial charge in [0.05, 0.1) is 83.6 Å². The summed E-state index contributed by atoms with van der Waals surface area (Å²) in [5.74, 6) is 3.98. The van der Waals surface area contributed by atoms with E-state index >= 15 is 0 Å². The number of para-hydroxylation sites is 8. The summed E-state index contributed by atoms with van der Waals surface area (Å²) in [5, 5.41) is 34.6. The van der Waals surface area contributed by atoms with Crippen LogP contribution in [0.2, 0.25) is 0 Å². The molecule has 6 heterocycles. The molecule has 3 N–H and O–H groups in total. The minimum atomic E-state index is -1.33. The van der Waals surface area contributed by atoms with Gasteiger partial charge in [0.2, 0.25) is 0 Å². The van der Waals surface area contributed by atoms with Gasteiger partial charge in [-0.2, -0.15) is 0 Å². The summed E-state index contributed by atoms with van der Waals surface area (Å²) in [7, 11) is 21.4. The van der Waals surface area contributed by atoms with Crippen molar-refractivity contribution >= 4 is 228 Å². The minimum Gasteiger partial charge on any atom is -0.355 e. The van der Waals surface area contributed by atoms with Crippen LogP contribution in [0.1, 0.15) is 7.43 Å². The quantitative estimate of drug-likeness (QED) is 0.111. The van der Waals surface area contributed by atoms with Crippen LogP contribution < -0.4 is 18.9 Å². The number of phenols is 2. The van der Waals surface area contributed by atoms with Gasteiger partial charge < -0.3 is 57.0 Å². The number of halogens is 7. The fourth-order valence-corrected chi connectivity index (χ4v) is 18.0. The number of benzene rings is 18. The molecule has 134 heavy (non-hydrogen) atoms. The second-order valence-corrected chi connectivity index (χ2v) is 43.9. The van der Waals surface area contributed by atoms with Crippen LogP contribution in [0, 0.1) is 0 Å². The van der Waals surface area contributed by atoms with E-state index in [-0.39, 0.29) is 22.1 Å². The predicted octanol–water partition coefficient (Wildman–Crippen LogP) is 34.0. The molecule has 665 valence electrons. The molecule has 0 bridgehead atoms. The van der Waals surface area contributed by atoms with Crippen LogP contribution in [0.3, 0.4) is 0 Å². The Morgan fingerprint density at radius 2 is 0.425 bits per heavy atom. The molecule has 6 aromatic heterocycles. The van der Waals surface area contributed by atoms with Gasteiger partial charge in [0.1, 0.15) is 34.5 Å². The average Bonchev–Trinajstić information content (AvgIpc) is 1.58. The summed E-state index contributed by atoms with van der Waals surface area (Å²) in [4.78, 5) is 3.38. The monoisotopic (exact) mass is 2110 g/mol. The van der Waals surface area contributed by atoms with Gasteiger partial charge in [0, 0.05) is 109 Å². The maximum atomic E-state index is 9.84. The SMILES string of the molecule is BrB(Br)Br.C.COc1ccc(-n2c3ccccc3c3cc(-c4ccc5c(c4)c4ccccc4n5-c4ccc(OC)cc4)ccc32)cc1.COc1ccc(-n2c3ccccc3c3ccccc32)cc1.COc1ccc(Br)cc1.Oc1ccc(-n2c3ccccc3c3cc(-c4ccc5c(c4)c4ccccc4n5-c4ccc(O)cc4)ccc32)cc1.[Cl][Fe]([Cl])[Cl].c1ccc2c(c1)[nH]c1ccccc12. The number of fused-ring (bicyclic) bond motifs is 18. The molecule has 18 aromatic carbocycles. The van der Waals surface area contributed by atoms with Crippen LogP contribution in [0.4, 0.5) is 0 Å². The first-order valence-corrected chi connectivity index (χ1v) is 50.6. The third-order valence-corrected chi connectivity index (χ3v) is 24.1. The molecule has 0 aliphatic carbocycles. The van der Waals surface area contributed by atoms with E-state index in [9.17, 15) is 10.2 Å². The van der Waals surface area contributed by atoms with E-state index in [0.29, 0.717) is 0 Å². The van der Waals surface area contributed by atoms with Gasteiger partial charge >= 0.3 is 44.6 Å². The van der Waals surface area contributed by atoms with E-state index in [0.717, 1.165) is 89.1 Å². The fraction of sp³-hybridized carbons (Fsp3) is 0.0442.